The van der Waals surface area contributed by atoms with Gasteiger partial charge in [0.1, 0.15) is 11.3 Å². The SMILES string of the molecule is CCc1onc(-c2ccc(Cl)cc2Cl)c1C(=O)O. The number of benzene rings is 1. The van der Waals surface area contributed by atoms with Gasteiger partial charge in [-0.15, -0.1) is 0 Å². The fourth-order valence-electron chi connectivity index (χ4n) is 1.65. The van der Waals surface area contributed by atoms with Gasteiger partial charge in [-0.2, -0.15) is 0 Å². The minimum Gasteiger partial charge on any atom is -0.477 e. The summed E-state index contributed by atoms with van der Waals surface area (Å²) < 4.78 is 5.02. The van der Waals surface area contributed by atoms with Crippen LogP contribution in [-0.4, -0.2) is 16.2 Å². The molecule has 1 N–H and O–H groups in total. The molecular formula is C12H9Cl2NO3. The molecule has 94 valence electrons. The zero-order valence-electron chi connectivity index (χ0n) is 9.41. The van der Waals surface area contributed by atoms with Crippen molar-refractivity contribution in [2.75, 3.05) is 0 Å². The van der Waals surface area contributed by atoms with E-state index in [0.29, 0.717) is 27.8 Å². The minimum absolute atomic E-state index is 0.0433. The first-order valence-corrected chi connectivity index (χ1v) is 5.97. The Morgan fingerprint density at radius 1 is 1.44 bits per heavy atom. The molecule has 0 radical (unpaired) electrons. The summed E-state index contributed by atoms with van der Waals surface area (Å²) in [6.07, 6.45) is 0.444. The summed E-state index contributed by atoms with van der Waals surface area (Å²) in [5.41, 5.74) is 0.754. The number of aromatic nitrogens is 1. The largest absolute Gasteiger partial charge is 0.477 e. The molecule has 4 nitrogen and oxygen atoms in total. The van der Waals surface area contributed by atoms with Gasteiger partial charge in [0.25, 0.3) is 0 Å². The molecule has 1 aromatic carbocycles. The average Bonchev–Trinajstić information content (AvgIpc) is 2.72. The van der Waals surface area contributed by atoms with Gasteiger partial charge >= 0.3 is 5.97 Å². The highest BCUT2D eigenvalue weighted by molar-refractivity contribution is 6.36. The van der Waals surface area contributed by atoms with E-state index in [1.807, 2.05) is 0 Å². The highest BCUT2D eigenvalue weighted by atomic mass is 35.5. The number of rotatable bonds is 3. The third kappa shape index (κ3) is 2.21. The molecule has 0 aliphatic rings. The van der Waals surface area contributed by atoms with Crippen molar-refractivity contribution in [1.29, 1.82) is 0 Å². The molecule has 1 aromatic heterocycles. The normalized spacial score (nSPS) is 10.6. The van der Waals surface area contributed by atoms with Crippen LogP contribution >= 0.6 is 23.2 Å². The van der Waals surface area contributed by atoms with E-state index in [2.05, 4.69) is 5.16 Å². The lowest BCUT2D eigenvalue weighted by Gasteiger charge is -2.02. The molecular weight excluding hydrogens is 277 g/mol. The number of aromatic carboxylic acids is 1. The lowest BCUT2D eigenvalue weighted by molar-refractivity contribution is 0.0695. The molecule has 0 aliphatic heterocycles. The third-order valence-electron chi connectivity index (χ3n) is 2.48. The molecule has 0 bridgehead atoms. The highest BCUT2D eigenvalue weighted by Gasteiger charge is 2.23. The van der Waals surface area contributed by atoms with Crippen LogP contribution in [0.1, 0.15) is 23.0 Å². The van der Waals surface area contributed by atoms with Gasteiger partial charge in [0, 0.05) is 17.0 Å². The van der Waals surface area contributed by atoms with Crippen molar-refractivity contribution in [2.45, 2.75) is 13.3 Å². The number of hydrogen-bond donors (Lipinski definition) is 1. The van der Waals surface area contributed by atoms with Gasteiger partial charge in [0.15, 0.2) is 5.76 Å². The predicted octanol–water partition coefficient (Wildman–Crippen LogP) is 3.91. The Kier molecular flexibility index (Phi) is 3.59. The zero-order valence-corrected chi connectivity index (χ0v) is 10.9. The fraction of sp³-hybridized carbons (Fsp3) is 0.167. The van der Waals surface area contributed by atoms with Crippen molar-refractivity contribution in [1.82, 2.24) is 5.16 Å². The summed E-state index contributed by atoms with van der Waals surface area (Å²) >= 11 is 11.8. The smallest absolute Gasteiger partial charge is 0.341 e. The standard InChI is InChI=1S/C12H9Cl2NO3/c1-2-9-10(12(16)17)11(15-18-9)7-4-3-6(13)5-8(7)14/h3-5H,2H2,1H3,(H,16,17). The van der Waals surface area contributed by atoms with E-state index in [1.165, 1.54) is 6.07 Å². The second kappa shape index (κ2) is 5.00. The van der Waals surface area contributed by atoms with Crippen molar-refractivity contribution in [2.24, 2.45) is 0 Å². The lowest BCUT2D eigenvalue weighted by atomic mass is 10.1. The molecule has 2 rings (SSSR count). The number of nitrogens with zero attached hydrogens (tertiary/aromatic N) is 1. The maximum atomic E-state index is 11.2. The topological polar surface area (TPSA) is 63.3 Å². The highest BCUT2D eigenvalue weighted by Crippen LogP contribution is 2.33. The summed E-state index contributed by atoms with van der Waals surface area (Å²) in [5, 5.41) is 13.8. The number of carboxylic acid groups (broad SMARTS) is 1. The van der Waals surface area contributed by atoms with E-state index in [0.717, 1.165) is 0 Å². The van der Waals surface area contributed by atoms with E-state index in [-0.39, 0.29) is 11.3 Å². The molecule has 2 aromatic rings. The molecule has 0 fully saturated rings. The fourth-order valence-corrected chi connectivity index (χ4v) is 2.15. The summed E-state index contributed by atoms with van der Waals surface area (Å²) in [5.74, 6) is -0.766. The summed E-state index contributed by atoms with van der Waals surface area (Å²) in [7, 11) is 0. The Labute approximate surface area is 113 Å². The van der Waals surface area contributed by atoms with Gasteiger partial charge in [0.2, 0.25) is 0 Å². The number of hydrogen-bond acceptors (Lipinski definition) is 3. The first-order valence-electron chi connectivity index (χ1n) is 5.21. The molecule has 0 unspecified atom stereocenters. The molecule has 0 aliphatic carbocycles. The van der Waals surface area contributed by atoms with E-state index >= 15 is 0 Å². The van der Waals surface area contributed by atoms with Gasteiger partial charge in [-0.3, -0.25) is 0 Å². The number of aryl methyl sites for hydroxylation is 1. The van der Waals surface area contributed by atoms with Crippen LogP contribution in [0.4, 0.5) is 0 Å². The van der Waals surface area contributed by atoms with Crippen LogP contribution in [-0.2, 0) is 6.42 Å². The second-order valence-corrected chi connectivity index (χ2v) is 4.46. The van der Waals surface area contributed by atoms with E-state index in [9.17, 15) is 9.90 Å². The molecule has 1 heterocycles. The van der Waals surface area contributed by atoms with Crippen molar-refractivity contribution < 1.29 is 14.4 Å². The van der Waals surface area contributed by atoms with Crippen LogP contribution in [0.25, 0.3) is 11.3 Å². The minimum atomic E-state index is -1.09. The van der Waals surface area contributed by atoms with Gasteiger partial charge in [-0.1, -0.05) is 35.3 Å². The molecule has 0 atom stereocenters. The summed E-state index contributed by atoms with van der Waals surface area (Å²) in [6.45, 7) is 1.79. The second-order valence-electron chi connectivity index (χ2n) is 3.61. The summed E-state index contributed by atoms with van der Waals surface area (Å²) in [6, 6.07) is 4.77. The van der Waals surface area contributed by atoms with E-state index < -0.39 is 5.97 Å². The zero-order chi connectivity index (χ0) is 13.3. The van der Waals surface area contributed by atoms with Crippen LogP contribution in [0, 0.1) is 0 Å². The number of carbonyl (C=O) groups is 1. The van der Waals surface area contributed by atoms with Crippen LogP contribution in [0.5, 0.6) is 0 Å². The molecule has 6 heteroatoms. The molecule has 0 spiro atoms. The maximum Gasteiger partial charge on any atom is 0.341 e. The quantitative estimate of drug-likeness (QED) is 0.929. The summed E-state index contributed by atoms with van der Waals surface area (Å²) in [4.78, 5) is 11.2. The Hall–Kier alpha value is -1.52. The molecule has 0 amide bonds. The van der Waals surface area contributed by atoms with E-state index in [4.69, 9.17) is 27.7 Å². The van der Waals surface area contributed by atoms with Crippen molar-refractivity contribution in [3.63, 3.8) is 0 Å². The molecule has 18 heavy (non-hydrogen) atoms. The van der Waals surface area contributed by atoms with Gasteiger partial charge in [0.05, 0.1) is 5.02 Å². The molecule has 0 saturated carbocycles. The first kappa shape index (κ1) is 12.9. The van der Waals surface area contributed by atoms with Gasteiger partial charge in [-0.25, -0.2) is 4.79 Å². The Bertz CT molecular complexity index is 607. The third-order valence-corrected chi connectivity index (χ3v) is 3.03. The Morgan fingerprint density at radius 2 is 2.17 bits per heavy atom. The Morgan fingerprint density at radius 3 is 2.72 bits per heavy atom. The molecule has 0 saturated heterocycles. The monoisotopic (exact) mass is 285 g/mol. The van der Waals surface area contributed by atoms with Crippen LogP contribution in [0.15, 0.2) is 22.7 Å². The lowest BCUT2D eigenvalue weighted by Crippen LogP contribution is -2.01. The number of carboxylic acids is 1. The van der Waals surface area contributed by atoms with Crippen LogP contribution < -0.4 is 0 Å². The van der Waals surface area contributed by atoms with Crippen molar-refractivity contribution in [3.8, 4) is 11.3 Å². The number of halogens is 2. The van der Waals surface area contributed by atoms with Crippen molar-refractivity contribution in [3.05, 3.63) is 39.6 Å². The predicted molar refractivity (Wildman–Crippen MR) is 68.3 cm³/mol. The first-order chi connectivity index (χ1) is 8.54. The van der Waals surface area contributed by atoms with Gasteiger partial charge < -0.3 is 9.63 Å². The van der Waals surface area contributed by atoms with E-state index in [1.54, 1.807) is 19.1 Å². The van der Waals surface area contributed by atoms with Gasteiger partial charge in [-0.05, 0) is 18.2 Å². The van der Waals surface area contributed by atoms with Crippen LogP contribution in [0.3, 0.4) is 0 Å². The van der Waals surface area contributed by atoms with Crippen molar-refractivity contribution >= 4 is 29.2 Å². The van der Waals surface area contributed by atoms with Crippen LogP contribution in [0.2, 0.25) is 10.0 Å². The average molecular weight is 286 g/mol. The Balaban J connectivity index is 2.64. The maximum absolute atomic E-state index is 11.2.